The van der Waals surface area contributed by atoms with Gasteiger partial charge in [-0.3, -0.25) is 4.79 Å². The second-order valence-corrected chi connectivity index (χ2v) is 8.33. The number of carbonyl (C=O) groups excluding carboxylic acids is 1. The van der Waals surface area contributed by atoms with Crippen molar-refractivity contribution in [2.45, 2.75) is 18.2 Å². The van der Waals surface area contributed by atoms with Gasteiger partial charge in [0.2, 0.25) is 10.0 Å². The van der Waals surface area contributed by atoms with E-state index in [2.05, 4.69) is 0 Å². The molecule has 3 rings (SSSR count). The van der Waals surface area contributed by atoms with Gasteiger partial charge in [-0.1, -0.05) is 31.2 Å². The first kappa shape index (κ1) is 19.4. The molecule has 27 heavy (non-hydrogen) atoms. The number of ether oxygens (including phenoxy) is 1. The van der Waals surface area contributed by atoms with Crippen molar-refractivity contribution in [3.63, 3.8) is 0 Å². The summed E-state index contributed by atoms with van der Waals surface area (Å²) in [7, 11) is -2.01. The van der Waals surface area contributed by atoms with Gasteiger partial charge in [0.05, 0.1) is 17.6 Å². The molecule has 0 aliphatic carbocycles. The molecule has 0 spiro atoms. The first-order chi connectivity index (χ1) is 13.0. The van der Waals surface area contributed by atoms with Gasteiger partial charge in [0.25, 0.3) is 5.91 Å². The molecule has 0 N–H and O–H groups in total. The summed E-state index contributed by atoms with van der Waals surface area (Å²) in [5.41, 5.74) is 1.59. The summed E-state index contributed by atoms with van der Waals surface area (Å²) in [5, 5.41) is 0. The highest BCUT2D eigenvalue weighted by Gasteiger charge is 2.31. The topological polar surface area (TPSA) is 66.9 Å². The van der Waals surface area contributed by atoms with Crippen LogP contribution < -0.4 is 4.74 Å². The normalized spacial score (nSPS) is 15.6. The number of rotatable bonds is 5. The van der Waals surface area contributed by atoms with Crippen LogP contribution >= 0.6 is 0 Å². The third-order valence-electron chi connectivity index (χ3n) is 4.83. The number of piperazine rings is 1. The molecule has 0 atom stereocenters. The molecule has 2 aromatic rings. The van der Waals surface area contributed by atoms with E-state index in [1.165, 1.54) is 11.4 Å². The van der Waals surface area contributed by atoms with Crippen LogP contribution in [0, 0.1) is 0 Å². The summed E-state index contributed by atoms with van der Waals surface area (Å²) in [6.07, 6.45) is 0.865. The van der Waals surface area contributed by atoms with E-state index in [-0.39, 0.29) is 19.0 Å². The van der Waals surface area contributed by atoms with Gasteiger partial charge in [0.15, 0.2) is 0 Å². The molecular weight excluding hydrogens is 364 g/mol. The van der Waals surface area contributed by atoms with Crippen LogP contribution in [0.25, 0.3) is 0 Å². The van der Waals surface area contributed by atoms with E-state index in [9.17, 15) is 13.2 Å². The Kier molecular flexibility index (Phi) is 5.82. The fourth-order valence-corrected chi connectivity index (χ4v) is 4.59. The van der Waals surface area contributed by atoms with E-state index in [4.69, 9.17) is 4.74 Å². The maximum absolute atomic E-state index is 12.8. The Labute approximate surface area is 160 Å². The molecule has 1 amide bonds. The van der Waals surface area contributed by atoms with Crippen LogP contribution in [0.3, 0.4) is 0 Å². The molecule has 0 aromatic heterocycles. The van der Waals surface area contributed by atoms with Crippen molar-refractivity contribution in [2.75, 3.05) is 33.3 Å². The number of hydrogen-bond donors (Lipinski definition) is 0. The Balaban J connectivity index is 1.70. The average Bonchev–Trinajstić information content (AvgIpc) is 2.73. The molecule has 1 fully saturated rings. The van der Waals surface area contributed by atoms with Crippen LogP contribution in [0.4, 0.5) is 0 Å². The summed E-state index contributed by atoms with van der Waals surface area (Å²) < 4.78 is 32.4. The van der Waals surface area contributed by atoms with E-state index in [0.29, 0.717) is 29.3 Å². The van der Waals surface area contributed by atoms with Crippen LogP contribution in [0.15, 0.2) is 53.4 Å². The minimum absolute atomic E-state index is 0.142. The number of carbonyl (C=O) groups is 1. The quantitative estimate of drug-likeness (QED) is 0.789. The summed E-state index contributed by atoms with van der Waals surface area (Å²) in [4.78, 5) is 14.7. The van der Waals surface area contributed by atoms with Crippen LogP contribution in [-0.2, 0) is 16.4 Å². The van der Waals surface area contributed by atoms with E-state index in [0.717, 1.165) is 12.0 Å². The zero-order chi connectivity index (χ0) is 19.4. The lowest BCUT2D eigenvalue weighted by molar-refractivity contribution is 0.0694. The Bertz CT molecular complexity index is 902. The van der Waals surface area contributed by atoms with E-state index >= 15 is 0 Å². The van der Waals surface area contributed by atoms with Gasteiger partial charge < -0.3 is 9.64 Å². The lowest BCUT2D eigenvalue weighted by atomic mass is 10.1. The predicted octanol–water partition coefficient (Wildman–Crippen LogP) is 2.40. The molecule has 2 aromatic carbocycles. The van der Waals surface area contributed by atoms with Crippen molar-refractivity contribution in [1.82, 2.24) is 9.21 Å². The molecule has 0 bridgehead atoms. The fourth-order valence-electron chi connectivity index (χ4n) is 3.17. The zero-order valence-corrected chi connectivity index (χ0v) is 16.4. The maximum Gasteiger partial charge on any atom is 0.257 e. The first-order valence-electron chi connectivity index (χ1n) is 8.98. The van der Waals surface area contributed by atoms with Gasteiger partial charge in [0, 0.05) is 26.2 Å². The highest BCUT2D eigenvalue weighted by atomic mass is 32.2. The van der Waals surface area contributed by atoms with Crippen LogP contribution in [0.5, 0.6) is 5.75 Å². The third kappa shape index (κ3) is 3.99. The Morgan fingerprint density at radius 3 is 2.22 bits per heavy atom. The minimum Gasteiger partial charge on any atom is -0.496 e. The SMILES string of the molecule is CCc1ccc(S(=O)(=O)N2CCN(C(=O)c3ccccc3OC)CC2)cc1. The van der Waals surface area contributed by atoms with E-state index in [1.807, 2.05) is 25.1 Å². The Morgan fingerprint density at radius 2 is 1.63 bits per heavy atom. The third-order valence-corrected chi connectivity index (χ3v) is 6.75. The molecule has 6 nitrogen and oxygen atoms in total. The average molecular weight is 388 g/mol. The first-order valence-corrected chi connectivity index (χ1v) is 10.4. The van der Waals surface area contributed by atoms with E-state index in [1.54, 1.807) is 35.2 Å². The Hall–Kier alpha value is -2.38. The molecule has 0 unspecified atom stereocenters. The second kappa shape index (κ2) is 8.10. The number of sulfonamides is 1. The molecule has 7 heteroatoms. The summed E-state index contributed by atoms with van der Waals surface area (Å²) >= 11 is 0. The number of aryl methyl sites for hydroxylation is 1. The lowest BCUT2D eigenvalue weighted by Gasteiger charge is -2.34. The van der Waals surface area contributed by atoms with Crippen LogP contribution in [0.1, 0.15) is 22.8 Å². The van der Waals surface area contributed by atoms with Gasteiger partial charge in [-0.25, -0.2) is 8.42 Å². The van der Waals surface area contributed by atoms with Gasteiger partial charge in [-0.2, -0.15) is 4.31 Å². The summed E-state index contributed by atoms with van der Waals surface area (Å²) in [6.45, 7) is 3.28. The number of benzene rings is 2. The molecule has 1 heterocycles. The number of nitrogens with zero attached hydrogens (tertiary/aromatic N) is 2. The lowest BCUT2D eigenvalue weighted by Crippen LogP contribution is -2.50. The monoisotopic (exact) mass is 388 g/mol. The van der Waals surface area contributed by atoms with Gasteiger partial charge in [0.1, 0.15) is 5.75 Å². The zero-order valence-electron chi connectivity index (χ0n) is 15.6. The molecule has 1 aliphatic rings. The molecular formula is C20H24N2O4S. The van der Waals surface area contributed by atoms with Crippen molar-refractivity contribution >= 4 is 15.9 Å². The van der Waals surface area contributed by atoms with Crippen LogP contribution in [-0.4, -0.2) is 56.8 Å². The van der Waals surface area contributed by atoms with Gasteiger partial charge >= 0.3 is 0 Å². The maximum atomic E-state index is 12.8. The number of para-hydroxylation sites is 1. The smallest absolute Gasteiger partial charge is 0.257 e. The molecule has 0 radical (unpaired) electrons. The second-order valence-electron chi connectivity index (χ2n) is 6.39. The predicted molar refractivity (Wildman–Crippen MR) is 103 cm³/mol. The molecule has 144 valence electrons. The standard InChI is InChI=1S/C20H24N2O4S/c1-3-16-8-10-17(11-9-16)27(24,25)22-14-12-21(13-15-22)20(23)18-6-4-5-7-19(18)26-2/h4-11H,3,12-15H2,1-2H3. The minimum atomic E-state index is -3.54. The number of amides is 1. The highest BCUT2D eigenvalue weighted by molar-refractivity contribution is 7.89. The van der Waals surface area contributed by atoms with Gasteiger partial charge in [-0.15, -0.1) is 0 Å². The van der Waals surface area contributed by atoms with E-state index < -0.39 is 10.0 Å². The van der Waals surface area contributed by atoms with Crippen molar-refractivity contribution < 1.29 is 17.9 Å². The molecule has 1 aliphatic heterocycles. The molecule has 0 saturated carbocycles. The largest absolute Gasteiger partial charge is 0.496 e. The highest BCUT2D eigenvalue weighted by Crippen LogP contribution is 2.22. The Morgan fingerprint density at radius 1 is 1.00 bits per heavy atom. The number of methoxy groups -OCH3 is 1. The van der Waals surface area contributed by atoms with Crippen molar-refractivity contribution in [3.8, 4) is 5.75 Å². The van der Waals surface area contributed by atoms with Gasteiger partial charge in [-0.05, 0) is 36.2 Å². The fraction of sp³-hybridized carbons (Fsp3) is 0.350. The van der Waals surface area contributed by atoms with Crippen molar-refractivity contribution in [2.24, 2.45) is 0 Å². The summed E-state index contributed by atoms with van der Waals surface area (Å²) in [6, 6.07) is 14.1. The van der Waals surface area contributed by atoms with Crippen molar-refractivity contribution in [3.05, 3.63) is 59.7 Å². The molecule has 1 saturated heterocycles. The van der Waals surface area contributed by atoms with Crippen molar-refractivity contribution in [1.29, 1.82) is 0 Å². The summed E-state index contributed by atoms with van der Waals surface area (Å²) in [5.74, 6) is 0.380. The number of hydrogen-bond acceptors (Lipinski definition) is 4. The van der Waals surface area contributed by atoms with Crippen LogP contribution in [0.2, 0.25) is 0 Å².